The number of carbonyl (C=O) groups is 2. The average molecular weight is 367 g/mol. The van der Waals surface area contributed by atoms with E-state index in [0.29, 0.717) is 23.0 Å². The van der Waals surface area contributed by atoms with Crippen LogP contribution in [0.15, 0.2) is 42.6 Å². The van der Waals surface area contributed by atoms with E-state index in [9.17, 15) is 9.59 Å². The predicted molar refractivity (Wildman–Crippen MR) is 105 cm³/mol. The molecule has 0 atom stereocenters. The van der Waals surface area contributed by atoms with Crippen molar-refractivity contribution in [3.8, 4) is 0 Å². The van der Waals surface area contributed by atoms with Gasteiger partial charge in [0.1, 0.15) is 5.69 Å². The SMILES string of the molecule is COC(=O)c1ccc(NC(=O)c2cc(NC3CCCCCC3)ccn2)cc1. The van der Waals surface area contributed by atoms with Gasteiger partial charge in [-0.3, -0.25) is 9.78 Å². The molecular weight excluding hydrogens is 342 g/mol. The Labute approximate surface area is 159 Å². The molecule has 0 unspecified atom stereocenters. The molecule has 2 N–H and O–H groups in total. The Morgan fingerprint density at radius 1 is 1.00 bits per heavy atom. The zero-order valence-corrected chi connectivity index (χ0v) is 15.5. The summed E-state index contributed by atoms with van der Waals surface area (Å²) in [5.74, 6) is -0.697. The first-order valence-corrected chi connectivity index (χ1v) is 9.38. The Kier molecular flexibility index (Phi) is 6.41. The Hall–Kier alpha value is -2.89. The van der Waals surface area contributed by atoms with Crippen LogP contribution in [0.25, 0.3) is 0 Å². The number of nitrogens with one attached hydrogen (secondary N) is 2. The van der Waals surface area contributed by atoms with Gasteiger partial charge in [-0.2, -0.15) is 0 Å². The summed E-state index contributed by atoms with van der Waals surface area (Å²) in [6, 6.07) is 10.7. The molecule has 6 nitrogen and oxygen atoms in total. The van der Waals surface area contributed by atoms with Crippen molar-refractivity contribution in [1.82, 2.24) is 4.98 Å². The summed E-state index contributed by atoms with van der Waals surface area (Å²) >= 11 is 0. The highest BCUT2D eigenvalue weighted by Gasteiger charge is 2.14. The maximum Gasteiger partial charge on any atom is 0.337 e. The molecule has 1 aromatic heterocycles. The lowest BCUT2D eigenvalue weighted by molar-refractivity contribution is 0.0600. The maximum absolute atomic E-state index is 12.5. The van der Waals surface area contributed by atoms with E-state index in [-0.39, 0.29) is 5.91 Å². The van der Waals surface area contributed by atoms with Crippen LogP contribution < -0.4 is 10.6 Å². The van der Waals surface area contributed by atoms with Crippen molar-refractivity contribution in [3.05, 3.63) is 53.9 Å². The van der Waals surface area contributed by atoms with Crippen LogP contribution in [0.1, 0.15) is 59.4 Å². The third kappa shape index (κ3) is 5.29. The van der Waals surface area contributed by atoms with E-state index in [1.807, 2.05) is 6.07 Å². The van der Waals surface area contributed by atoms with Gasteiger partial charge in [-0.1, -0.05) is 25.7 Å². The van der Waals surface area contributed by atoms with Crippen molar-refractivity contribution in [2.24, 2.45) is 0 Å². The van der Waals surface area contributed by atoms with Crippen LogP contribution in [0.3, 0.4) is 0 Å². The van der Waals surface area contributed by atoms with Crippen molar-refractivity contribution in [2.45, 2.75) is 44.6 Å². The van der Waals surface area contributed by atoms with E-state index in [2.05, 4.69) is 20.4 Å². The highest BCUT2D eigenvalue weighted by Crippen LogP contribution is 2.21. The number of carbonyl (C=O) groups excluding carboxylic acids is 2. The van der Waals surface area contributed by atoms with Gasteiger partial charge in [0.05, 0.1) is 12.7 Å². The summed E-state index contributed by atoms with van der Waals surface area (Å²) in [6.45, 7) is 0. The second-order valence-corrected chi connectivity index (χ2v) is 6.79. The monoisotopic (exact) mass is 367 g/mol. The summed E-state index contributed by atoms with van der Waals surface area (Å²) < 4.78 is 4.67. The Morgan fingerprint density at radius 3 is 2.37 bits per heavy atom. The second-order valence-electron chi connectivity index (χ2n) is 6.79. The maximum atomic E-state index is 12.5. The topological polar surface area (TPSA) is 80.3 Å². The Morgan fingerprint density at radius 2 is 1.70 bits per heavy atom. The number of nitrogens with zero attached hydrogens (tertiary/aromatic N) is 1. The zero-order valence-electron chi connectivity index (χ0n) is 15.5. The van der Waals surface area contributed by atoms with E-state index < -0.39 is 5.97 Å². The molecule has 3 rings (SSSR count). The lowest BCUT2D eigenvalue weighted by Gasteiger charge is -2.18. The molecular formula is C21H25N3O3. The smallest absolute Gasteiger partial charge is 0.337 e. The lowest BCUT2D eigenvalue weighted by Crippen LogP contribution is -2.19. The van der Waals surface area contributed by atoms with Gasteiger partial charge in [0, 0.05) is 23.6 Å². The summed E-state index contributed by atoms with van der Waals surface area (Å²) in [5, 5.41) is 6.34. The minimum atomic E-state index is -0.410. The molecule has 0 bridgehead atoms. The van der Waals surface area contributed by atoms with Crippen LogP contribution in [-0.4, -0.2) is 30.0 Å². The average Bonchev–Trinajstić information content (AvgIpc) is 2.97. The molecule has 0 spiro atoms. The van der Waals surface area contributed by atoms with Crippen molar-refractivity contribution >= 4 is 23.3 Å². The van der Waals surface area contributed by atoms with Crippen molar-refractivity contribution < 1.29 is 14.3 Å². The highest BCUT2D eigenvalue weighted by molar-refractivity contribution is 6.03. The fourth-order valence-corrected chi connectivity index (χ4v) is 3.31. The van der Waals surface area contributed by atoms with E-state index in [4.69, 9.17) is 0 Å². The van der Waals surface area contributed by atoms with Gasteiger partial charge in [-0.15, -0.1) is 0 Å². The molecule has 0 radical (unpaired) electrons. The molecule has 142 valence electrons. The third-order valence-corrected chi connectivity index (χ3v) is 4.78. The molecule has 0 aliphatic heterocycles. The van der Waals surface area contributed by atoms with Crippen LogP contribution in [-0.2, 0) is 4.74 Å². The first-order valence-electron chi connectivity index (χ1n) is 9.38. The number of methoxy groups -OCH3 is 1. The Bertz CT molecular complexity index is 782. The predicted octanol–water partition coefficient (Wildman–Crippen LogP) is 4.26. The highest BCUT2D eigenvalue weighted by atomic mass is 16.5. The molecule has 1 aromatic carbocycles. The molecule has 6 heteroatoms. The fourth-order valence-electron chi connectivity index (χ4n) is 3.31. The fraction of sp³-hybridized carbons (Fsp3) is 0.381. The molecule has 27 heavy (non-hydrogen) atoms. The van der Waals surface area contributed by atoms with Crippen molar-refractivity contribution in [2.75, 3.05) is 17.7 Å². The minimum Gasteiger partial charge on any atom is -0.465 e. The van der Waals surface area contributed by atoms with Crippen molar-refractivity contribution in [3.63, 3.8) is 0 Å². The summed E-state index contributed by atoms with van der Waals surface area (Å²) in [6.07, 6.45) is 9.07. The van der Waals surface area contributed by atoms with Crippen LogP contribution in [0.2, 0.25) is 0 Å². The standard InChI is InChI=1S/C21H25N3O3/c1-27-21(26)15-8-10-17(11-9-15)24-20(25)19-14-18(12-13-22-19)23-16-6-4-2-3-5-7-16/h8-14,16H,2-7H2,1H3,(H,22,23)(H,24,25). The van der Waals surface area contributed by atoms with Gasteiger partial charge in [0.25, 0.3) is 5.91 Å². The van der Waals surface area contributed by atoms with Gasteiger partial charge in [0.2, 0.25) is 0 Å². The van der Waals surface area contributed by atoms with Gasteiger partial charge < -0.3 is 15.4 Å². The summed E-state index contributed by atoms with van der Waals surface area (Å²) in [4.78, 5) is 28.1. The molecule has 1 amide bonds. The number of benzene rings is 1. The molecule has 1 saturated carbocycles. The number of aromatic nitrogens is 1. The number of rotatable bonds is 5. The molecule has 0 saturated heterocycles. The number of amides is 1. The van der Waals surface area contributed by atoms with Crippen LogP contribution in [0.4, 0.5) is 11.4 Å². The molecule has 2 aromatic rings. The van der Waals surface area contributed by atoms with Crippen molar-refractivity contribution in [1.29, 1.82) is 0 Å². The number of hydrogen-bond donors (Lipinski definition) is 2. The van der Waals surface area contributed by atoms with E-state index in [1.54, 1.807) is 36.5 Å². The molecule has 1 heterocycles. The summed E-state index contributed by atoms with van der Waals surface area (Å²) in [5.41, 5.74) is 2.30. The van der Waals surface area contributed by atoms with E-state index >= 15 is 0 Å². The normalized spacial score (nSPS) is 14.9. The quantitative estimate of drug-likeness (QED) is 0.610. The number of ether oxygens (including phenoxy) is 1. The first-order chi connectivity index (χ1) is 13.2. The van der Waals surface area contributed by atoms with Crippen LogP contribution in [0, 0.1) is 0 Å². The van der Waals surface area contributed by atoms with Gasteiger partial charge in [-0.25, -0.2) is 4.79 Å². The van der Waals surface area contributed by atoms with Crippen LogP contribution >= 0.6 is 0 Å². The number of pyridine rings is 1. The third-order valence-electron chi connectivity index (χ3n) is 4.78. The van der Waals surface area contributed by atoms with Crippen LogP contribution in [0.5, 0.6) is 0 Å². The molecule has 1 aliphatic rings. The Balaban J connectivity index is 1.63. The zero-order chi connectivity index (χ0) is 19.1. The first kappa shape index (κ1) is 18.9. The van der Waals surface area contributed by atoms with E-state index in [1.165, 1.54) is 32.8 Å². The van der Waals surface area contributed by atoms with Gasteiger partial charge in [-0.05, 0) is 49.2 Å². The number of hydrogen-bond acceptors (Lipinski definition) is 5. The van der Waals surface area contributed by atoms with Gasteiger partial charge in [0.15, 0.2) is 0 Å². The largest absolute Gasteiger partial charge is 0.465 e. The van der Waals surface area contributed by atoms with Gasteiger partial charge >= 0.3 is 5.97 Å². The number of anilines is 2. The molecule has 1 aliphatic carbocycles. The minimum absolute atomic E-state index is 0.287. The van der Waals surface area contributed by atoms with E-state index in [0.717, 1.165) is 18.5 Å². The second kappa shape index (κ2) is 9.16. The molecule has 1 fully saturated rings. The number of esters is 1. The summed E-state index contributed by atoms with van der Waals surface area (Å²) in [7, 11) is 1.33. The lowest BCUT2D eigenvalue weighted by atomic mass is 10.1.